The minimum Gasteiger partial charge on any atom is -0.296 e. The highest BCUT2D eigenvalue weighted by Gasteiger charge is 2.28. The molecule has 1 aromatic rings. The fourth-order valence-corrected chi connectivity index (χ4v) is 2.50. The third kappa shape index (κ3) is 2.16. The van der Waals surface area contributed by atoms with E-state index in [0.29, 0.717) is 12.8 Å². The SMILES string of the molecule is Cc1cc(Br)ccc1C1CCC(=O)NC1=O. The molecule has 2 amide bonds. The number of imide groups is 1. The number of nitrogens with one attached hydrogen (secondary N) is 1. The first-order chi connectivity index (χ1) is 7.58. The van der Waals surface area contributed by atoms with Gasteiger partial charge in [-0.25, -0.2) is 0 Å². The first-order valence-electron chi connectivity index (χ1n) is 5.17. The van der Waals surface area contributed by atoms with Gasteiger partial charge in [-0.05, 0) is 36.6 Å². The van der Waals surface area contributed by atoms with E-state index >= 15 is 0 Å². The molecule has 3 nitrogen and oxygen atoms in total. The van der Waals surface area contributed by atoms with Crippen molar-refractivity contribution in [1.82, 2.24) is 5.32 Å². The van der Waals surface area contributed by atoms with Crippen LogP contribution in [0, 0.1) is 6.92 Å². The van der Waals surface area contributed by atoms with Crippen molar-refractivity contribution in [3.05, 3.63) is 33.8 Å². The zero-order chi connectivity index (χ0) is 11.7. The van der Waals surface area contributed by atoms with E-state index in [4.69, 9.17) is 0 Å². The Kier molecular flexibility index (Phi) is 3.10. The van der Waals surface area contributed by atoms with Crippen LogP contribution in [-0.2, 0) is 9.59 Å². The molecule has 0 spiro atoms. The van der Waals surface area contributed by atoms with Crippen LogP contribution in [0.5, 0.6) is 0 Å². The Morgan fingerprint density at radius 2 is 2.12 bits per heavy atom. The third-order valence-corrected chi connectivity index (χ3v) is 3.34. The maximum atomic E-state index is 11.7. The molecule has 0 saturated carbocycles. The van der Waals surface area contributed by atoms with Crippen LogP contribution >= 0.6 is 15.9 Å². The molecule has 1 atom stereocenters. The standard InChI is InChI=1S/C12H12BrNO2/c1-7-6-8(13)2-3-9(7)10-4-5-11(15)14-12(10)16/h2-3,6,10H,4-5H2,1H3,(H,14,15,16). The Morgan fingerprint density at radius 3 is 2.75 bits per heavy atom. The van der Waals surface area contributed by atoms with E-state index in [1.807, 2.05) is 25.1 Å². The largest absolute Gasteiger partial charge is 0.296 e. The van der Waals surface area contributed by atoms with E-state index < -0.39 is 0 Å². The van der Waals surface area contributed by atoms with Gasteiger partial charge in [-0.1, -0.05) is 22.0 Å². The van der Waals surface area contributed by atoms with E-state index in [-0.39, 0.29) is 17.7 Å². The lowest BCUT2D eigenvalue weighted by atomic mass is 9.88. The highest BCUT2D eigenvalue weighted by molar-refractivity contribution is 9.10. The van der Waals surface area contributed by atoms with Crippen LogP contribution in [0.3, 0.4) is 0 Å². The van der Waals surface area contributed by atoms with Crippen LogP contribution in [0.2, 0.25) is 0 Å². The Bertz CT molecular complexity index is 456. The number of halogens is 1. The van der Waals surface area contributed by atoms with Crippen molar-refractivity contribution in [3.8, 4) is 0 Å². The average Bonchev–Trinajstić information content (AvgIpc) is 2.19. The first kappa shape index (κ1) is 11.3. The van der Waals surface area contributed by atoms with Gasteiger partial charge >= 0.3 is 0 Å². The number of benzene rings is 1. The first-order valence-corrected chi connectivity index (χ1v) is 5.97. The second kappa shape index (κ2) is 4.37. The van der Waals surface area contributed by atoms with E-state index in [1.54, 1.807) is 0 Å². The monoisotopic (exact) mass is 281 g/mol. The molecule has 1 saturated heterocycles. The third-order valence-electron chi connectivity index (χ3n) is 2.85. The number of hydrogen-bond acceptors (Lipinski definition) is 2. The van der Waals surface area contributed by atoms with Crippen molar-refractivity contribution in [2.75, 3.05) is 0 Å². The summed E-state index contributed by atoms with van der Waals surface area (Å²) in [7, 11) is 0. The molecule has 0 aromatic heterocycles. The smallest absolute Gasteiger partial charge is 0.234 e. The molecule has 1 aliphatic rings. The number of piperidine rings is 1. The van der Waals surface area contributed by atoms with Crippen molar-refractivity contribution in [2.24, 2.45) is 0 Å². The fourth-order valence-electron chi connectivity index (χ4n) is 2.02. The molecular formula is C12H12BrNO2. The normalized spacial score (nSPS) is 20.8. The van der Waals surface area contributed by atoms with Crippen LogP contribution in [-0.4, -0.2) is 11.8 Å². The average molecular weight is 282 g/mol. The van der Waals surface area contributed by atoms with Crippen LogP contribution < -0.4 is 5.32 Å². The summed E-state index contributed by atoms with van der Waals surface area (Å²) in [6.07, 6.45) is 1.03. The van der Waals surface area contributed by atoms with Gasteiger partial charge in [-0.3, -0.25) is 14.9 Å². The van der Waals surface area contributed by atoms with E-state index in [0.717, 1.165) is 15.6 Å². The molecule has 1 fully saturated rings. The molecule has 0 aliphatic carbocycles. The zero-order valence-electron chi connectivity index (χ0n) is 8.92. The van der Waals surface area contributed by atoms with Gasteiger partial charge in [-0.2, -0.15) is 0 Å². The Morgan fingerprint density at radius 1 is 1.38 bits per heavy atom. The number of hydrogen-bond donors (Lipinski definition) is 1. The number of amides is 2. The van der Waals surface area contributed by atoms with E-state index in [1.165, 1.54) is 0 Å². The highest BCUT2D eigenvalue weighted by atomic mass is 79.9. The van der Waals surface area contributed by atoms with Gasteiger partial charge in [0, 0.05) is 10.9 Å². The fraction of sp³-hybridized carbons (Fsp3) is 0.333. The molecule has 1 aliphatic heterocycles. The predicted molar refractivity (Wildman–Crippen MR) is 64.0 cm³/mol. The quantitative estimate of drug-likeness (QED) is 0.803. The van der Waals surface area contributed by atoms with Crippen molar-refractivity contribution in [3.63, 3.8) is 0 Å². The second-order valence-corrected chi connectivity index (χ2v) is 4.92. The minimum atomic E-state index is -0.189. The van der Waals surface area contributed by atoms with Crippen molar-refractivity contribution >= 4 is 27.7 Å². The lowest BCUT2D eigenvalue weighted by Gasteiger charge is -2.22. The molecule has 84 valence electrons. The summed E-state index contributed by atoms with van der Waals surface area (Å²) in [5.74, 6) is -0.538. The number of rotatable bonds is 1. The molecule has 1 unspecified atom stereocenters. The summed E-state index contributed by atoms with van der Waals surface area (Å²) < 4.78 is 1.00. The summed E-state index contributed by atoms with van der Waals surface area (Å²) in [5, 5.41) is 2.38. The molecule has 2 rings (SSSR count). The Hall–Kier alpha value is -1.16. The highest BCUT2D eigenvalue weighted by Crippen LogP contribution is 2.28. The minimum absolute atomic E-state index is 0.170. The maximum Gasteiger partial charge on any atom is 0.234 e. The maximum absolute atomic E-state index is 11.7. The Labute approximate surface area is 102 Å². The molecule has 1 N–H and O–H groups in total. The lowest BCUT2D eigenvalue weighted by molar-refractivity contribution is -0.134. The van der Waals surface area contributed by atoms with Crippen molar-refractivity contribution < 1.29 is 9.59 Å². The van der Waals surface area contributed by atoms with Gasteiger partial charge in [0.15, 0.2) is 0 Å². The van der Waals surface area contributed by atoms with Crippen LogP contribution in [0.25, 0.3) is 0 Å². The number of aryl methyl sites for hydroxylation is 1. The van der Waals surface area contributed by atoms with E-state index in [9.17, 15) is 9.59 Å². The molecule has 4 heteroatoms. The van der Waals surface area contributed by atoms with Crippen LogP contribution in [0.1, 0.15) is 29.9 Å². The molecule has 0 radical (unpaired) electrons. The summed E-state index contributed by atoms with van der Waals surface area (Å²) in [6, 6.07) is 5.85. The molecule has 1 heterocycles. The van der Waals surface area contributed by atoms with E-state index in [2.05, 4.69) is 21.2 Å². The summed E-state index contributed by atoms with van der Waals surface area (Å²) in [5.41, 5.74) is 2.08. The summed E-state index contributed by atoms with van der Waals surface area (Å²) in [6.45, 7) is 1.98. The molecular weight excluding hydrogens is 270 g/mol. The van der Waals surface area contributed by atoms with Crippen LogP contribution in [0.15, 0.2) is 22.7 Å². The number of carbonyl (C=O) groups excluding carboxylic acids is 2. The molecule has 1 aromatic carbocycles. The predicted octanol–water partition coefficient (Wildman–Crippen LogP) is 2.28. The van der Waals surface area contributed by atoms with Gasteiger partial charge in [-0.15, -0.1) is 0 Å². The Balaban J connectivity index is 2.30. The van der Waals surface area contributed by atoms with Gasteiger partial charge < -0.3 is 0 Å². The van der Waals surface area contributed by atoms with Gasteiger partial charge in [0.1, 0.15) is 0 Å². The molecule has 16 heavy (non-hydrogen) atoms. The molecule has 0 bridgehead atoms. The summed E-state index contributed by atoms with van der Waals surface area (Å²) >= 11 is 3.39. The summed E-state index contributed by atoms with van der Waals surface area (Å²) in [4.78, 5) is 22.7. The topological polar surface area (TPSA) is 46.2 Å². The second-order valence-electron chi connectivity index (χ2n) is 4.00. The van der Waals surface area contributed by atoms with Crippen LogP contribution in [0.4, 0.5) is 0 Å². The van der Waals surface area contributed by atoms with Gasteiger partial charge in [0.25, 0.3) is 0 Å². The zero-order valence-corrected chi connectivity index (χ0v) is 10.5. The number of carbonyl (C=O) groups is 2. The van der Waals surface area contributed by atoms with Crippen molar-refractivity contribution in [1.29, 1.82) is 0 Å². The van der Waals surface area contributed by atoms with Gasteiger partial charge in [0.2, 0.25) is 11.8 Å². The lowest BCUT2D eigenvalue weighted by Crippen LogP contribution is -2.39. The van der Waals surface area contributed by atoms with Gasteiger partial charge in [0.05, 0.1) is 5.92 Å². The van der Waals surface area contributed by atoms with Crippen molar-refractivity contribution in [2.45, 2.75) is 25.7 Å².